The molecule has 0 radical (unpaired) electrons. The van der Waals surface area contributed by atoms with Crippen molar-refractivity contribution in [1.29, 1.82) is 0 Å². The van der Waals surface area contributed by atoms with Crippen LogP contribution < -0.4 is 5.32 Å². The number of nitrogens with one attached hydrogen (secondary N) is 1. The van der Waals surface area contributed by atoms with Crippen LogP contribution in [0.15, 0.2) is 42.6 Å². The molecule has 4 nitrogen and oxygen atoms in total. The van der Waals surface area contributed by atoms with Crippen molar-refractivity contribution >= 4 is 11.8 Å². The summed E-state index contributed by atoms with van der Waals surface area (Å²) in [4.78, 5) is 17.6. The highest BCUT2D eigenvalue weighted by molar-refractivity contribution is 5.88. The number of urea groups is 1. The van der Waals surface area contributed by atoms with Gasteiger partial charge in [-0.05, 0) is 48.6 Å². The number of likely N-dealkylation sites (tertiary alicyclic amines) is 1. The SMILES string of the molecule is O=C(Nc1ncccc1F)N1CC[C@@H](Cc2ccc(F)cc2)C1. The average molecular weight is 317 g/mol. The van der Waals surface area contributed by atoms with Crippen molar-refractivity contribution in [3.8, 4) is 0 Å². The molecule has 0 saturated carbocycles. The smallest absolute Gasteiger partial charge is 0.323 e. The maximum Gasteiger partial charge on any atom is 0.323 e. The van der Waals surface area contributed by atoms with Crippen molar-refractivity contribution in [3.05, 3.63) is 59.8 Å². The van der Waals surface area contributed by atoms with E-state index in [1.807, 2.05) is 0 Å². The van der Waals surface area contributed by atoms with Crippen LogP contribution in [0.2, 0.25) is 0 Å². The number of anilines is 1. The van der Waals surface area contributed by atoms with Gasteiger partial charge in [-0.1, -0.05) is 12.1 Å². The van der Waals surface area contributed by atoms with E-state index < -0.39 is 5.82 Å². The Morgan fingerprint density at radius 2 is 2.04 bits per heavy atom. The Labute approximate surface area is 133 Å². The van der Waals surface area contributed by atoms with E-state index in [9.17, 15) is 13.6 Å². The summed E-state index contributed by atoms with van der Waals surface area (Å²) in [5.74, 6) is -0.541. The third-order valence-corrected chi connectivity index (χ3v) is 3.99. The number of carbonyl (C=O) groups excluding carboxylic acids is 1. The molecule has 1 aliphatic heterocycles. The standard InChI is InChI=1S/C17H17F2N3O/c18-14-5-3-12(4-6-14)10-13-7-9-22(11-13)17(23)21-16-15(19)2-1-8-20-16/h1-6,8,13H,7,9-11H2,(H,20,21,23)/t13-/m0/s1. The number of carbonyl (C=O) groups is 1. The van der Waals surface area contributed by atoms with Crippen LogP contribution in [0.4, 0.5) is 19.4 Å². The van der Waals surface area contributed by atoms with Crippen LogP contribution in [0.1, 0.15) is 12.0 Å². The number of aromatic nitrogens is 1. The summed E-state index contributed by atoms with van der Waals surface area (Å²) in [6.45, 7) is 1.21. The summed E-state index contributed by atoms with van der Waals surface area (Å²) in [5, 5.41) is 2.50. The largest absolute Gasteiger partial charge is 0.324 e. The molecular weight excluding hydrogens is 300 g/mol. The quantitative estimate of drug-likeness (QED) is 0.942. The van der Waals surface area contributed by atoms with E-state index in [0.717, 1.165) is 18.4 Å². The minimum Gasteiger partial charge on any atom is -0.324 e. The molecule has 1 saturated heterocycles. The summed E-state index contributed by atoms with van der Waals surface area (Å²) >= 11 is 0. The zero-order chi connectivity index (χ0) is 16.2. The van der Waals surface area contributed by atoms with Crippen LogP contribution in [-0.4, -0.2) is 29.0 Å². The summed E-state index contributed by atoms with van der Waals surface area (Å²) < 4.78 is 26.4. The molecule has 0 spiro atoms. The maximum atomic E-state index is 13.5. The lowest BCUT2D eigenvalue weighted by atomic mass is 9.99. The topological polar surface area (TPSA) is 45.2 Å². The van der Waals surface area contributed by atoms with Gasteiger partial charge in [0.15, 0.2) is 11.6 Å². The van der Waals surface area contributed by atoms with E-state index in [0.29, 0.717) is 19.0 Å². The highest BCUT2D eigenvalue weighted by Gasteiger charge is 2.27. The number of benzene rings is 1. The van der Waals surface area contributed by atoms with Gasteiger partial charge in [-0.25, -0.2) is 18.6 Å². The van der Waals surface area contributed by atoms with Crippen LogP contribution in [0, 0.1) is 17.6 Å². The van der Waals surface area contributed by atoms with E-state index in [2.05, 4.69) is 10.3 Å². The van der Waals surface area contributed by atoms with Crippen molar-refractivity contribution in [1.82, 2.24) is 9.88 Å². The molecule has 1 N–H and O–H groups in total. The fourth-order valence-electron chi connectivity index (χ4n) is 2.80. The second-order valence-corrected chi connectivity index (χ2v) is 5.70. The van der Waals surface area contributed by atoms with E-state index in [1.165, 1.54) is 30.5 Å². The molecule has 0 bridgehead atoms. The van der Waals surface area contributed by atoms with Crippen LogP contribution >= 0.6 is 0 Å². The highest BCUT2D eigenvalue weighted by Crippen LogP contribution is 2.22. The molecule has 3 rings (SSSR count). The first-order chi connectivity index (χ1) is 11.1. The average Bonchev–Trinajstić information content (AvgIpc) is 3.00. The van der Waals surface area contributed by atoms with Crippen LogP contribution in [0.5, 0.6) is 0 Å². The molecule has 1 aromatic heterocycles. The molecule has 2 heterocycles. The van der Waals surface area contributed by atoms with Crippen LogP contribution in [0.25, 0.3) is 0 Å². The van der Waals surface area contributed by atoms with E-state index in [-0.39, 0.29) is 17.7 Å². The van der Waals surface area contributed by atoms with Crippen LogP contribution in [-0.2, 0) is 6.42 Å². The summed E-state index contributed by atoms with van der Waals surface area (Å²) in [5.41, 5.74) is 1.05. The summed E-state index contributed by atoms with van der Waals surface area (Å²) in [7, 11) is 0. The van der Waals surface area contributed by atoms with Crippen molar-refractivity contribution < 1.29 is 13.6 Å². The normalized spacial score (nSPS) is 17.3. The monoisotopic (exact) mass is 317 g/mol. The molecule has 1 aromatic carbocycles. The van der Waals surface area contributed by atoms with Gasteiger partial charge < -0.3 is 4.90 Å². The Morgan fingerprint density at radius 1 is 1.26 bits per heavy atom. The number of hydrogen-bond acceptors (Lipinski definition) is 2. The first-order valence-corrected chi connectivity index (χ1v) is 7.52. The Balaban J connectivity index is 1.55. The highest BCUT2D eigenvalue weighted by atomic mass is 19.1. The molecule has 1 fully saturated rings. The number of hydrogen-bond donors (Lipinski definition) is 1. The van der Waals surface area contributed by atoms with Gasteiger partial charge in [0.2, 0.25) is 0 Å². The Bertz CT molecular complexity index is 690. The van der Waals surface area contributed by atoms with Gasteiger partial charge in [0.25, 0.3) is 0 Å². The molecule has 2 amide bonds. The molecule has 1 aliphatic rings. The number of amides is 2. The van der Waals surface area contributed by atoms with Crippen LogP contribution in [0.3, 0.4) is 0 Å². The zero-order valence-corrected chi connectivity index (χ0v) is 12.5. The molecule has 6 heteroatoms. The predicted molar refractivity (Wildman–Crippen MR) is 83.0 cm³/mol. The molecule has 120 valence electrons. The summed E-state index contributed by atoms with van der Waals surface area (Å²) in [6, 6.07) is 8.80. The number of nitrogens with zero attached hydrogens (tertiary/aromatic N) is 2. The Kier molecular flexibility index (Phi) is 4.50. The fraction of sp³-hybridized carbons (Fsp3) is 0.294. The van der Waals surface area contributed by atoms with Crippen molar-refractivity contribution in [2.45, 2.75) is 12.8 Å². The zero-order valence-electron chi connectivity index (χ0n) is 12.5. The van der Waals surface area contributed by atoms with Gasteiger partial charge in [0.05, 0.1) is 0 Å². The van der Waals surface area contributed by atoms with Gasteiger partial charge in [0, 0.05) is 19.3 Å². The maximum absolute atomic E-state index is 13.5. The first kappa shape index (κ1) is 15.4. The second-order valence-electron chi connectivity index (χ2n) is 5.70. The van der Waals surface area contributed by atoms with Gasteiger partial charge >= 0.3 is 6.03 Å². The third kappa shape index (κ3) is 3.83. The molecule has 23 heavy (non-hydrogen) atoms. The molecular formula is C17H17F2N3O. The lowest BCUT2D eigenvalue weighted by Crippen LogP contribution is -2.33. The second kappa shape index (κ2) is 6.73. The molecule has 0 unspecified atom stereocenters. The molecule has 1 atom stereocenters. The first-order valence-electron chi connectivity index (χ1n) is 7.52. The minimum absolute atomic E-state index is 0.0560. The van der Waals surface area contributed by atoms with E-state index >= 15 is 0 Å². The number of halogens is 2. The van der Waals surface area contributed by atoms with Gasteiger partial charge in [-0.2, -0.15) is 0 Å². The Morgan fingerprint density at radius 3 is 2.78 bits per heavy atom. The van der Waals surface area contributed by atoms with Crippen molar-refractivity contribution in [2.24, 2.45) is 5.92 Å². The fourth-order valence-corrected chi connectivity index (χ4v) is 2.80. The lowest BCUT2D eigenvalue weighted by Gasteiger charge is -2.17. The minimum atomic E-state index is -0.553. The Hall–Kier alpha value is -2.50. The summed E-state index contributed by atoms with van der Waals surface area (Å²) in [6.07, 6.45) is 3.09. The lowest BCUT2D eigenvalue weighted by molar-refractivity contribution is 0.220. The molecule has 0 aliphatic carbocycles. The van der Waals surface area contributed by atoms with Crippen molar-refractivity contribution in [2.75, 3.05) is 18.4 Å². The van der Waals surface area contributed by atoms with Crippen molar-refractivity contribution in [3.63, 3.8) is 0 Å². The van der Waals surface area contributed by atoms with E-state index in [4.69, 9.17) is 0 Å². The molecule has 2 aromatic rings. The van der Waals surface area contributed by atoms with Gasteiger partial charge in [0.1, 0.15) is 5.82 Å². The van der Waals surface area contributed by atoms with Gasteiger partial charge in [-0.3, -0.25) is 5.32 Å². The predicted octanol–water partition coefficient (Wildman–Crippen LogP) is 3.46. The third-order valence-electron chi connectivity index (χ3n) is 3.99. The number of rotatable bonds is 3. The van der Waals surface area contributed by atoms with E-state index in [1.54, 1.807) is 17.0 Å². The van der Waals surface area contributed by atoms with Gasteiger partial charge in [-0.15, -0.1) is 0 Å². The number of pyridine rings is 1.